The van der Waals surface area contributed by atoms with E-state index in [1.165, 1.54) is 0 Å². The number of rotatable bonds is 5. The highest BCUT2D eigenvalue weighted by molar-refractivity contribution is 5.96. The Morgan fingerprint density at radius 1 is 1.25 bits per heavy atom. The van der Waals surface area contributed by atoms with Gasteiger partial charge in [-0.15, -0.1) is 0 Å². The number of anilines is 1. The van der Waals surface area contributed by atoms with E-state index in [2.05, 4.69) is 15.8 Å². The SMILES string of the molecule is CCC(=O)Nc1ccc(C(=O)N/N=C(/C)C2CC2)cc1. The van der Waals surface area contributed by atoms with Gasteiger partial charge < -0.3 is 5.32 Å². The Bertz CT molecular complexity index is 531. The molecule has 0 saturated heterocycles. The van der Waals surface area contributed by atoms with Crippen molar-refractivity contribution in [1.29, 1.82) is 0 Å². The number of hydrogen-bond acceptors (Lipinski definition) is 3. The third kappa shape index (κ3) is 3.91. The molecule has 5 nitrogen and oxygen atoms in total. The summed E-state index contributed by atoms with van der Waals surface area (Å²) in [7, 11) is 0. The van der Waals surface area contributed by atoms with Crippen molar-refractivity contribution in [3.63, 3.8) is 0 Å². The van der Waals surface area contributed by atoms with Gasteiger partial charge in [0.1, 0.15) is 0 Å². The maximum absolute atomic E-state index is 11.9. The molecule has 2 amide bonds. The maximum atomic E-state index is 11.9. The second-order valence-corrected chi connectivity index (χ2v) is 4.95. The molecule has 1 saturated carbocycles. The zero-order valence-corrected chi connectivity index (χ0v) is 11.8. The van der Waals surface area contributed by atoms with Crippen molar-refractivity contribution >= 4 is 23.2 Å². The summed E-state index contributed by atoms with van der Waals surface area (Å²) in [4.78, 5) is 23.1. The highest BCUT2D eigenvalue weighted by Gasteiger charge is 2.24. The van der Waals surface area contributed by atoms with Crippen LogP contribution in [-0.2, 0) is 4.79 Å². The lowest BCUT2D eigenvalue weighted by atomic mass is 10.2. The Kier molecular flexibility index (Phi) is 4.50. The van der Waals surface area contributed by atoms with E-state index < -0.39 is 0 Å². The normalized spacial score (nSPS) is 14.8. The zero-order chi connectivity index (χ0) is 14.5. The van der Waals surface area contributed by atoms with Crippen LogP contribution in [0.2, 0.25) is 0 Å². The molecular weight excluding hydrogens is 254 g/mol. The molecule has 0 atom stereocenters. The Morgan fingerprint density at radius 3 is 2.45 bits per heavy atom. The van der Waals surface area contributed by atoms with E-state index in [1.807, 2.05) is 6.92 Å². The molecule has 0 aliphatic heterocycles. The Balaban J connectivity index is 1.93. The molecule has 0 heterocycles. The third-order valence-corrected chi connectivity index (χ3v) is 3.25. The average Bonchev–Trinajstić information content (AvgIpc) is 3.29. The van der Waals surface area contributed by atoms with E-state index in [-0.39, 0.29) is 11.8 Å². The summed E-state index contributed by atoms with van der Waals surface area (Å²) in [6, 6.07) is 6.75. The van der Waals surface area contributed by atoms with E-state index in [0.717, 1.165) is 18.6 Å². The minimum Gasteiger partial charge on any atom is -0.326 e. The fraction of sp³-hybridized carbons (Fsp3) is 0.400. The molecule has 0 unspecified atom stereocenters. The lowest BCUT2D eigenvalue weighted by Crippen LogP contribution is -2.19. The number of hydrogen-bond donors (Lipinski definition) is 2. The number of amides is 2. The summed E-state index contributed by atoms with van der Waals surface area (Å²) in [5.41, 5.74) is 4.74. The van der Waals surface area contributed by atoms with Crippen LogP contribution in [0.15, 0.2) is 29.4 Å². The highest BCUT2D eigenvalue weighted by Crippen LogP contribution is 2.30. The maximum Gasteiger partial charge on any atom is 0.271 e. The summed E-state index contributed by atoms with van der Waals surface area (Å²) >= 11 is 0. The summed E-state index contributed by atoms with van der Waals surface area (Å²) in [6.07, 6.45) is 2.76. The molecule has 5 heteroatoms. The third-order valence-electron chi connectivity index (χ3n) is 3.25. The van der Waals surface area contributed by atoms with Crippen molar-refractivity contribution in [3.8, 4) is 0 Å². The van der Waals surface area contributed by atoms with Crippen molar-refractivity contribution in [2.45, 2.75) is 33.1 Å². The van der Waals surface area contributed by atoms with Gasteiger partial charge in [0.15, 0.2) is 0 Å². The Labute approximate surface area is 118 Å². The van der Waals surface area contributed by atoms with Crippen molar-refractivity contribution < 1.29 is 9.59 Å². The van der Waals surface area contributed by atoms with E-state index >= 15 is 0 Å². The molecule has 1 aliphatic carbocycles. The Hall–Kier alpha value is -2.17. The van der Waals surface area contributed by atoms with Crippen molar-refractivity contribution in [1.82, 2.24) is 5.43 Å². The molecule has 20 heavy (non-hydrogen) atoms. The van der Waals surface area contributed by atoms with Gasteiger partial charge in [0.2, 0.25) is 5.91 Å². The zero-order valence-electron chi connectivity index (χ0n) is 11.8. The standard InChI is InChI=1S/C15H19N3O2/c1-3-14(19)16-13-8-6-12(7-9-13)15(20)18-17-10(2)11-4-5-11/h6-9,11H,3-5H2,1-2H3,(H,16,19)(H,18,20)/b17-10-. The first kappa shape index (κ1) is 14.2. The first-order chi connectivity index (χ1) is 9.60. The summed E-state index contributed by atoms with van der Waals surface area (Å²) < 4.78 is 0. The predicted molar refractivity (Wildman–Crippen MR) is 78.7 cm³/mol. The highest BCUT2D eigenvalue weighted by atomic mass is 16.2. The van der Waals surface area contributed by atoms with Gasteiger partial charge in [-0.2, -0.15) is 5.10 Å². The number of carbonyl (C=O) groups is 2. The van der Waals surface area contributed by atoms with Crippen molar-refractivity contribution in [2.24, 2.45) is 11.0 Å². The van der Waals surface area contributed by atoms with Crippen LogP contribution in [0.5, 0.6) is 0 Å². The van der Waals surface area contributed by atoms with Gasteiger partial charge in [-0.1, -0.05) is 6.92 Å². The summed E-state index contributed by atoms with van der Waals surface area (Å²) in [5.74, 6) is 0.257. The first-order valence-electron chi connectivity index (χ1n) is 6.84. The fourth-order valence-corrected chi connectivity index (χ4v) is 1.75. The minimum atomic E-state index is -0.238. The molecule has 0 bridgehead atoms. The lowest BCUT2D eigenvalue weighted by molar-refractivity contribution is -0.115. The lowest BCUT2D eigenvalue weighted by Gasteiger charge is -2.05. The van der Waals surface area contributed by atoms with Gasteiger partial charge in [-0.3, -0.25) is 9.59 Å². The number of benzene rings is 1. The smallest absolute Gasteiger partial charge is 0.271 e. The molecule has 1 fully saturated rings. The second kappa shape index (κ2) is 6.32. The number of nitrogens with one attached hydrogen (secondary N) is 2. The molecule has 0 spiro atoms. The van der Waals surface area contributed by atoms with Crippen molar-refractivity contribution in [2.75, 3.05) is 5.32 Å². The van der Waals surface area contributed by atoms with Crippen LogP contribution in [0.4, 0.5) is 5.69 Å². The van der Waals surface area contributed by atoms with Gasteiger partial charge in [0.05, 0.1) is 0 Å². The largest absolute Gasteiger partial charge is 0.326 e. The molecule has 1 aromatic carbocycles. The first-order valence-corrected chi connectivity index (χ1v) is 6.84. The number of nitrogens with zero attached hydrogens (tertiary/aromatic N) is 1. The van der Waals surface area contributed by atoms with Crippen LogP contribution in [-0.4, -0.2) is 17.5 Å². The van der Waals surface area contributed by atoms with Crippen LogP contribution in [0.3, 0.4) is 0 Å². The summed E-state index contributed by atoms with van der Waals surface area (Å²) in [6.45, 7) is 3.72. The van der Waals surface area contributed by atoms with E-state index in [4.69, 9.17) is 0 Å². The van der Waals surface area contributed by atoms with Crippen LogP contribution in [0.1, 0.15) is 43.5 Å². The van der Waals surface area contributed by atoms with E-state index in [1.54, 1.807) is 31.2 Å². The minimum absolute atomic E-state index is 0.0492. The van der Waals surface area contributed by atoms with Gasteiger partial charge in [0, 0.05) is 23.4 Å². The van der Waals surface area contributed by atoms with E-state index in [0.29, 0.717) is 23.6 Å². The molecular formula is C15H19N3O2. The van der Waals surface area contributed by atoms with Gasteiger partial charge in [-0.05, 0) is 49.9 Å². The average molecular weight is 273 g/mol. The molecule has 0 aromatic heterocycles. The topological polar surface area (TPSA) is 70.6 Å². The quantitative estimate of drug-likeness (QED) is 0.639. The van der Waals surface area contributed by atoms with Crippen molar-refractivity contribution in [3.05, 3.63) is 29.8 Å². The predicted octanol–water partition coefficient (Wildman–Crippen LogP) is 2.55. The summed E-state index contributed by atoms with van der Waals surface area (Å²) in [5, 5.41) is 6.83. The van der Waals surface area contributed by atoms with Crippen LogP contribution in [0, 0.1) is 5.92 Å². The van der Waals surface area contributed by atoms with Crippen LogP contribution >= 0.6 is 0 Å². The van der Waals surface area contributed by atoms with Crippen LogP contribution in [0.25, 0.3) is 0 Å². The Morgan fingerprint density at radius 2 is 1.90 bits per heavy atom. The molecule has 106 valence electrons. The van der Waals surface area contributed by atoms with Gasteiger partial charge in [0.25, 0.3) is 5.91 Å². The molecule has 1 aromatic rings. The van der Waals surface area contributed by atoms with E-state index in [9.17, 15) is 9.59 Å². The molecule has 2 rings (SSSR count). The monoisotopic (exact) mass is 273 g/mol. The number of hydrazone groups is 1. The van der Waals surface area contributed by atoms with Gasteiger partial charge in [-0.25, -0.2) is 5.43 Å². The fourth-order valence-electron chi connectivity index (χ4n) is 1.75. The molecule has 1 aliphatic rings. The van der Waals surface area contributed by atoms with Gasteiger partial charge >= 0.3 is 0 Å². The molecule has 0 radical (unpaired) electrons. The van der Waals surface area contributed by atoms with Crippen LogP contribution < -0.4 is 10.7 Å². The molecule has 2 N–H and O–H groups in total. The second-order valence-electron chi connectivity index (χ2n) is 4.95. The number of carbonyl (C=O) groups excluding carboxylic acids is 2.